The van der Waals surface area contributed by atoms with Crippen LogP contribution < -0.4 is 0 Å². The summed E-state index contributed by atoms with van der Waals surface area (Å²) in [5.74, 6) is -1.06. The lowest BCUT2D eigenvalue weighted by Gasteiger charge is -2.31. The number of amides is 1. The highest BCUT2D eigenvalue weighted by atomic mass is 32.1. The Morgan fingerprint density at radius 3 is 2.76 bits per heavy atom. The molecule has 0 spiro atoms. The summed E-state index contributed by atoms with van der Waals surface area (Å²) in [7, 11) is 0. The van der Waals surface area contributed by atoms with E-state index in [0.29, 0.717) is 19.0 Å². The molecule has 1 N–H and O–H groups in total. The highest BCUT2D eigenvalue weighted by molar-refractivity contribution is 7.09. The van der Waals surface area contributed by atoms with Crippen molar-refractivity contribution in [1.82, 2.24) is 9.88 Å². The highest BCUT2D eigenvalue weighted by Gasteiger charge is 2.28. The molecule has 6 heteroatoms. The van der Waals surface area contributed by atoms with Gasteiger partial charge in [0.15, 0.2) is 0 Å². The van der Waals surface area contributed by atoms with Crippen molar-refractivity contribution >= 4 is 17.2 Å². The van der Waals surface area contributed by atoms with Crippen LogP contribution in [-0.4, -0.2) is 34.0 Å². The first-order valence-electron chi connectivity index (χ1n) is 6.83. The fourth-order valence-electron chi connectivity index (χ4n) is 2.65. The number of halogens is 1. The van der Waals surface area contributed by atoms with E-state index in [1.807, 2.05) is 5.38 Å². The van der Waals surface area contributed by atoms with Gasteiger partial charge in [0.05, 0.1) is 5.01 Å². The van der Waals surface area contributed by atoms with Crippen molar-refractivity contribution in [1.29, 1.82) is 0 Å². The average molecular weight is 306 g/mol. The van der Waals surface area contributed by atoms with E-state index in [1.54, 1.807) is 22.4 Å². The van der Waals surface area contributed by atoms with Crippen LogP contribution in [0, 0.1) is 5.82 Å². The molecule has 0 unspecified atom stereocenters. The first-order chi connectivity index (χ1) is 10.2. The molecule has 2 aromatic rings. The van der Waals surface area contributed by atoms with E-state index >= 15 is 0 Å². The van der Waals surface area contributed by atoms with Crippen molar-refractivity contribution in [2.45, 2.75) is 18.8 Å². The number of hydrogen-bond donors (Lipinski definition) is 1. The van der Waals surface area contributed by atoms with Gasteiger partial charge in [0.1, 0.15) is 17.1 Å². The molecule has 0 aliphatic carbocycles. The number of phenols is 1. The van der Waals surface area contributed by atoms with Crippen LogP contribution in [-0.2, 0) is 0 Å². The van der Waals surface area contributed by atoms with Crippen LogP contribution in [0.1, 0.15) is 34.1 Å². The standard InChI is InChI=1S/C15H15FN2O2S/c16-11-2-1-3-12(19)13(11)15(20)18-7-4-10(5-8-18)14-17-6-9-21-14/h1-3,6,9-10,19H,4-5,7-8H2. The lowest BCUT2D eigenvalue weighted by molar-refractivity contribution is 0.0705. The number of aromatic nitrogens is 1. The van der Waals surface area contributed by atoms with Crippen LogP contribution >= 0.6 is 11.3 Å². The fourth-order valence-corrected chi connectivity index (χ4v) is 3.46. The number of piperidine rings is 1. The minimum atomic E-state index is -0.679. The van der Waals surface area contributed by atoms with Gasteiger partial charge in [0.25, 0.3) is 5.91 Å². The number of hydrogen-bond acceptors (Lipinski definition) is 4. The van der Waals surface area contributed by atoms with Crippen LogP contribution in [0.4, 0.5) is 4.39 Å². The van der Waals surface area contributed by atoms with Crippen LogP contribution in [0.2, 0.25) is 0 Å². The average Bonchev–Trinajstić information content (AvgIpc) is 3.01. The minimum absolute atomic E-state index is 0.231. The second-order valence-electron chi connectivity index (χ2n) is 5.07. The number of benzene rings is 1. The second kappa shape index (κ2) is 5.81. The van der Waals surface area contributed by atoms with E-state index in [1.165, 1.54) is 18.2 Å². The molecular formula is C15H15FN2O2S. The number of thiazole rings is 1. The van der Waals surface area contributed by atoms with Crippen LogP contribution in [0.25, 0.3) is 0 Å². The number of rotatable bonds is 2. The van der Waals surface area contributed by atoms with Gasteiger partial charge in [-0.3, -0.25) is 4.79 Å². The number of carbonyl (C=O) groups excluding carboxylic acids is 1. The van der Waals surface area contributed by atoms with Crippen LogP contribution in [0.15, 0.2) is 29.8 Å². The summed E-state index contributed by atoms with van der Waals surface area (Å²) < 4.78 is 13.7. The Morgan fingerprint density at radius 1 is 1.38 bits per heavy atom. The van der Waals surface area contributed by atoms with E-state index in [-0.39, 0.29) is 11.3 Å². The molecule has 1 aromatic carbocycles. The zero-order valence-electron chi connectivity index (χ0n) is 11.3. The molecule has 110 valence electrons. The van der Waals surface area contributed by atoms with Crippen molar-refractivity contribution in [3.8, 4) is 5.75 Å². The molecule has 3 rings (SSSR count). The van der Waals surface area contributed by atoms with Gasteiger partial charge in [0.2, 0.25) is 0 Å². The van der Waals surface area contributed by atoms with Gasteiger partial charge in [-0.1, -0.05) is 6.07 Å². The summed E-state index contributed by atoms with van der Waals surface area (Å²) in [6, 6.07) is 3.91. The predicted octanol–water partition coefficient (Wildman–Crippen LogP) is 3.01. The molecule has 0 saturated carbocycles. The van der Waals surface area contributed by atoms with E-state index in [9.17, 15) is 14.3 Å². The number of likely N-dealkylation sites (tertiary alicyclic amines) is 1. The highest BCUT2D eigenvalue weighted by Crippen LogP contribution is 2.31. The van der Waals surface area contributed by atoms with Crippen molar-refractivity contribution < 1.29 is 14.3 Å². The maximum absolute atomic E-state index is 13.7. The lowest BCUT2D eigenvalue weighted by atomic mass is 9.97. The first-order valence-corrected chi connectivity index (χ1v) is 7.71. The number of carbonyl (C=O) groups is 1. The Morgan fingerprint density at radius 2 is 2.14 bits per heavy atom. The van der Waals surface area contributed by atoms with Crippen molar-refractivity contribution in [3.05, 3.63) is 46.2 Å². The monoisotopic (exact) mass is 306 g/mol. The molecule has 0 bridgehead atoms. The van der Waals surface area contributed by atoms with Crippen LogP contribution in [0.5, 0.6) is 5.75 Å². The van der Waals surface area contributed by atoms with Gasteiger partial charge in [-0.25, -0.2) is 9.37 Å². The summed E-state index contributed by atoms with van der Waals surface area (Å²) in [6.45, 7) is 1.10. The minimum Gasteiger partial charge on any atom is -0.507 e. The Hall–Kier alpha value is -1.95. The van der Waals surface area contributed by atoms with Gasteiger partial charge in [0, 0.05) is 30.6 Å². The Balaban J connectivity index is 1.71. The quantitative estimate of drug-likeness (QED) is 0.928. The first kappa shape index (κ1) is 14.0. The molecule has 1 aliphatic rings. The van der Waals surface area contributed by atoms with Gasteiger partial charge in [-0.15, -0.1) is 11.3 Å². The third-order valence-corrected chi connectivity index (χ3v) is 4.73. The second-order valence-corrected chi connectivity index (χ2v) is 6.00. The zero-order valence-corrected chi connectivity index (χ0v) is 12.1. The molecule has 21 heavy (non-hydrogen) atoms. The van der Waals surface area contributed by atoms with Crippen molar-refractivity contribution in [2.75, 3.05) is 13.1 Å². The van der Waals surface area contributed by atoms with Crippen LogP contribution in [0.3, 0.4) is 0 Å². The zero-order chi connectivity index (χ0) is 14.8. The molecule has 0 atom stereocenters. The molecule has 2 heterocycles. The lowest BCUT2D eigenvalue weighted by Crippen LogP contribution is -2.38. The van der Waals surface area contributed by atoms with E-state index < -0.39 is 11.7 Å². The van der Waals surface area contributed by atoms with E-state index in [4.69, 9.17) is 0 Å². The summed E-state index contributed by atoms with van der Waals surface area (Å²) in [6.07, 6.45) is 3.41. The molecule has 1 fully saturated rings. The maximum atomic E-state index is 13.7. The third kappa shape index (κ3) is 2.76. The molecular weight excluding hydrogens is 291 g/mol. The van der Waals surface area contributed by atoms with Gasteiger partial charge in [-0.2, -0.15) is 0 Å². The molecule has 1 aromatic heterocycles. The normalized spacial score (nSPS) is 16.1. The molecule has 4 nitrogen and oxygen atoms in total. The summed E-state index contributed by atoms with van der Waals surface area (Å²) >= 11 is 1.63. The van der Waals surface area contributed by atoms with Crippen molar-refractivity contribution in [2.24, 2.45) is 0 Å². The largest absolute Gasteiger partial charge is 0.507 e. The van der Waals surface area contributed by atoms with Gasteiger partial charge >= 0.3 is 0 Å². The van der Waals surface area contributed by atoms with E-state index in [0.717, 1.165) is 17.8 Å². The topological polar surface area (TPSA) is 53.4 Å². The predicted molar refractivity (Wildman–Crippen MR) is 78.1 cm³/mol. The Labute approximate surface area is 125 Å². The number of aromatic hydroxyl groups is 1. The van der Waals surface area contributed by atoms with Crippen molar-refractivity contribution in [3.63, 3.8) is 0 Å². The van der Waals surface area contributed by atoms with Gasteiger partial charge < -0.3 is 10.0 Å². The molecule has 1 amide bonds. The number of phenolic OH excluding ortho intramolecular Hbond substituents is 1. The van der Waals surface area contributed by atoms with E-state index in [2.05, 4.69) is 4.98 Å². The molecule has 1 saturated heterocycles. The summed E-state index contributed by atoms with van der Waals surface area (Å²) in [5.41, 5.74) is -0.231. The smallest absolute Gasteiger partial charge is 0.260 e. The summed E-state index contributed by atoms with van der Waals surface area (Å²) in [4.78, 5) is 18.3. The number of nitrogens with zero attached hydrogens (tertiary/aromatic N) is 2. The third-order valence-electron chi connectivity index (χ3n) is 3.79. The summed E-state index contributed by atoms with van der Waals surface area (Å²) in [5, 5.41) is 12.7. The fraction of sp³-hybridized carbons (Fsp3) is 0.333. The Bertz CT molecular complexity index is 617. The SMILES string of the molecule is O=C(c1c(O)cccc1F)N1CCC(c2nccs2)CC1. The maximum Gasteiger partial charge on any atom is 0.260 e. The molecule has 1 aliphatic heterocycles. The Kier molecular flexibility index (Phi) is 3.88. The molecule has 0 radical (unpaired) electrons. The van der Waals surface area contributed by atoms with Gasteiger partial charge in [-0.05, 0) is 25.0 Å².